The van der Waals surface area contributed by atoms with Crippen molar-refractivity contribution < 1.29 is 13.6 Å². The fourth-order valence-electron chi connectivity index (χ4n) is 1.57. The molecule has 0 unspecified atom stereocenters. The first-order valence-electron chi connectivity index (χ1n) is 5.40. The summed E-state index contributed by atoms with van der Waals surface area (Å²) in [5.74, 6) is -2.93. The molecule has 0 saturated heterocycles. The Kier molecular flexibility index (Phi) is 5.24. The maximum absolute atomic E-state index is 13.7. The molecule has 0 radical (unpaired) electrons. The quantitative estimate of drug-likeness (QED) is 0.544. The zero-order valence-electron chi connectivity index (χ0n) is 9.99. The molecule has 0 spiro atoms. The van der Waals surface area contributed by atoms with E-state index in [0.717, 1.165) is 12.1 Å². The third kappa shape index (κ3) is 3.56. The van der Waals surface area contributed by atoms with Gasteiger partial charge in [-0.25, -0.2) is 8.78 Å². The Balaban J connectivity index is 2.38. The largest absolute Gasteiger partial charge is 0.320 e. The molecule has 2 aromatic carbocycles. The number of nitrogens with one attached hydrogen (secondary N) is 1. The van der Waals surface area contributed by atoms with E-state index in [-0.39, 0.29) is 20.2 Å². The Labute approximate surface area is 145 Å². The van der Waals surface area contributed by atoms with Gasteiger partial charge in [0.05, 0.1) is 15.7 Å². The van der Waals surface area contributed by atoms with Crippen molar-refractivity contribution in [3.63, 3.8) is 0 Å². The van der Waals surface area contributed by atoms with Gasteiger partial charge in [0, 0.05) is 8.95 Å². The van der Waals surface area contributed by atoms with Crippen molar-refractivity contribution in [3.8, 4) is 0 Å². The van der Waals surface area contributed by atoms with Crippen molar-refractivity contribution in [1.29, 1.82) is 0 Å². The summed E-state index contributed by atoms with van der Waals surface area (Å²) < 4.78 is 28.2. The highest BCUT2D eigenvalue weighted by atomic mass is 79.9. The maximum Gasteiger partial charge on any atom is 0.261 e. The van der Waals surface area contributed by atoms with Crippen molar-refractivity contribution >= 4 is 66.7 Å². The van der Waals surface area contributed by atoms with Crippen LogP contribution in [0.5, 0.6) is 0 Å². The highest BCUT2D eigenvalue weighted by Gasteiger charge is 2.20. The SMILES string of the molecule is O=C(Nc1ccc(Br)c(Cl)c1Cl)c1c(F)cc(Br)cc1F. The van der Waals surface area contributed by atoms with E-state index in [0.29, 0.717) is 4.47 Å². The van der Waals surface area contributed by atoms with Crippen molar-refractivity contribution in [2.45, 2.75) is 0 Å². The van der Waals surface area contributed by atoms with Crippen LogP contribution in [0.15, 0.2) is 33.2 Å². The van der Waals surface area contributed by atoms with E-state index in [1.54, 1.807) is 6.07 Å². The van der Waals surface area contributed by atoms with Gasteiger partial charge in [-0.3, -0.25) is 4.79 Å². The van der Waals surface area contributed by atoms with E-state index in [2.05, 4.69) is 37.2 Å². The summed E-state index contributed by atoms with van der Waals surface area (Å²) in [5, 5.41) is 2.58. The van der Waals surface area contributed by atoms with Gasteiger partial charge in [-0.15, -0.1) is 0 Å². The number of benzene rings is 2. The van der Waals surface area contributed by atoms with Gasteiger partial charge in [0.15, 0.2) is 0 Å². The number of hydrogen-bond acceptors (Lipinski definition) is 1. The number of carbonyl (C=O) groups excluding carboxylic acids is 1. The normalized spacial score (nSPS) is 10.6. The molecule has 110 valence electrons. The molecule has 0 aliphatic carbocycles. The lowest BCUT2D eigenvalue weighted by atomic mass is 10.1. The predicted octanol–water partition coefficient (Wildman–Crippen LogP) is 6.05. The smallest absolute Gasteiger partial charge is 0.261 e. The van der Waals surface area contributed by atoms with Gasteiger partial charge in [0.1, 0.15) is 17.2 Å². The van der Waals surface area contributed by atoms with E-state index in [4.69, 9.17) is 23.2 Å². The summed E-state index contributed by atoms with van der Waals surface area (Å²) in [5.41, 5.74) is -0.551. The molecular weight excluding hydrogens is 455 g/mol. The number of rotatable bonds is 2. The van der Waals surface area contributed by atoms with Crippen LogP contribution in [-0.2, 0) is 0 Å². The molecule has 0 fully saturated rings. The molecule has 0 aromatic heterocycles. The zero-order chi connectivity index (χ0) is 15.7. The highest BCUT2D eigenvalue weighted by molar-refractivity contribution is 9.10. The van der Waals surface area contributed by atoms with Crippen molar-refractivity contribution in [3.05, 3.63) is 60.5 Å². The van der Waals surface area contributed by atoms with Crippen molar-refractivity contribution in [2.75, 3.05) is 5.32 Å². The Morgan fingerprint density at radius 3 is 2.19 bits per heavy atom. The fourth-order valence-corrected chi connectivity index (χ4v) is 2.79. The Morgan fingerprint density at radius 2 is 1.62 bits per heavy atom. The topological polar surface area (TPSA) is 29.1 Å². The number of amides is 1. The fraction of sp³-hybridized carbons (Fsp3) is 0. The molecule has 2 rings (SSSR count). The number of anilines is 1. The van der Waals surface area contributed by atoms with E-state index < -0.39 is 23.1 Å². The van der Waals surface area contributed by atoms with E-state index in [1.165, 1.54) is 6.07 Å². The van der Waals surface area contributed by atoms with Crippen LogP contribution in [0.2, 0.25) is 10.0 Å². The van der Waals surface area contributed by atoms with Crippen LogP contribution >= 0.6 is 55.1 Å². The zero-order valence-corrected chi connectivity index (χ0v) is 14.7. The van der Waals surface area contributed by atoms with Gasteiger partial charge < -0.3 is 5.32 Å². The molecule has 21 heavy (non-hydrogen) atoms. The van der Waals surface area contributed by atoms with Crippen LogP contribution in [0.1, 0.15) is 10.4 Å². The average molecular weight is 460 g/mol. The van der Waals surface area contributed by atoms with Crippen LogP contribution in [-0.4, -0.2) is 5.91 Å². The lowest BCUT2D eigenvalue weighted by molar-refractivity contribution is 0.101. The minimum Gasteiger partial charge on any atom is -0.320 e. The first-order chi connectivity index (χ1) is 9.81. The molecule has 0 saturated carbocycles. The summed E-state index contributed by atoms with van der Waals surface area (Å²) in [6.07, 6.45) is 0. The van der Waals surface area contributed by atoms with Gasteiger partial charge in [-0.2, -0.15) is 0 Å². The molecule has 0 aliphatic heterocycles. The molecule has 0 heterocycles. The average Bonchev–Trinajstić information content (AvgIpc) is 2.38. The van der Waals surface area contributed by atoms with Crippen molar-refractivity contribution in [1.82, 2.24) is 0 Å². The summed E-state index contributed by atoms with van der Waals surface area (Å²) >= 11 is 18.0. The minimum absolute atomic E-state index is 0.0670. The van der Waals surface area contributed by atoms with E-state index in [1.807, 2.05) is 0 Å². The highest BCUT2D eigenvalue weighted by Crippen LogP contribution is 2.36. The molecule has 0 bridgehead atoms. The molecule has 2 nitrogen and oxygen atoms in total. The molecule has 8 heteroatoms. The summed E-state index contributed by atoms with van der Waals surface area (Å²) in [6, 6.07) is 5.01. The van der Waals surface area contributed by atoms with Crippen LogP contribution in [0.25, 0.3) is 0 Å². The second-order valence-electron chi connectivity index (χ2n) is 3.92. The molecule has 2 aromatic rings. The van der Waals surface area contributed by atoms with Crippen LogP contribution in [0.3, 0.4) is 0 Å². The second-order valence-corrected chi connectivity index (χ2v) is 6.45. The predicted molar refractivity (Wildman–Crippen MR) is 86.2 cm³/mol. The molecular formula is C13H5Br2Cl2F2NO. The molecule has 0 aliphatic rings. The standard InChI is InChI=1S/C13H5Br2Cl2F2NO/c14-5-3-7(18)10(8(19)4-5)13(21)20-9-2-1-6(15)11(16)12(9)17/h1-4H,(H,20,21). The molecule has 1 amide bonds. The van der Waals surface area contributed by atoms with Gasteiger partial charge >= 0.3 is 0 Å². The first kappa shape index (κ1) is 16.7. The third-order valence-electron chi connectivity index (χ3n) is 2.52. The summed E-state index contributed by atoms with van der Waals surface area (Å²) in [7, 11) is 0. The third-order valence-corrected chi connectivity index (χ3v) is 4.75. The maximum atomic E-state index is 13.7. The number of halogens is 6. The van der Waals surface area contributed by atoms with Crippen LogP contribution < -0.4 is 5.32 Å². The van der Waals surface area contributed by atoms with E-state index >= 15 is 0 Å². The monoisotopic (exact) mass is 457 g/mol. The Hall–Kier alpha value is -0.690. The van der Waals surface area contributed by atoms with Gasteiger partial charge in [-0.1, -0.05) is 39.1 Å². The summed E-state index contributed by atoms with van der Waals surface area (Å²) in [6.45, 7) is 0. The number of carbonyl (C=O) groups is 1. The van der Waals surface area contributed by atoms with Gasteiger partial charge in [0.25, 0.3) is 5.91 Å². The van der Waals surface area contributed by atoms with Crippen LogP contribution in [0.4, 0.5) is 14.5 Å². The van der Waals surface area contributed by atoms with Gasteiger partial charge in [0.2, 0.25) is 0 Å². The lowest BCUT2D eigenvalue weighted by Crippen LogP contribution is -2.16. The lowest BCUT2D eigenvalue weighted by Gasteiger charge is -2.10. The summed E-state index contributed by atoms with van der Waals surface area (Å²) in [4.78, 5) is 12.0. The molecule has 0 atom stereocenters. The number of hydrogen-bond donors (Lipinski definition) is 1. The second kappa shape index (κ2) is 6.60. The first-order valence-corrected chi connectivity index (χ1v) is 7.75. The van der Waals surface area contributed by atoms with E-state index in [9.17, 15) is 13.6 Å². The Morgan fingerprint density at radius 1 is 1.05 bits per heavy atom. The minimum atomic E-state index is -0.987. The molecule has 1 N–H and O–H groups in total. The Bertz CT molecular complexity index is 717. The van der Waals surface area contributed by atoms with Gasteiger partial charge in [-0.05, 0) is 40.2 Å². The van der Waals surface area contributed by atoms with Crippen molar-refractivity contribution in [2.24, 2.45) is 0 Å². The van der Waals surface area contributed by atoms with Crippen LogP contribution in [0, 0.1) is 11.6 Å².